The number of benzene rings is 1. The van der Waals surface area contributed by atoms with Gasteiger partial charge < -0.3 is 15.4 Å². The number of alkyl halides is 3. The zero-order valence-electron chi connectivity index (χ0n) is 20.5. The number of nitrogens with zero attached hydrogens (tertiary/aromatic N) is 7. The molecule has 0 atom stereocenters. The number of ether oxygens (including phenoxy) is 1. The molecule has 0 bridgehead atoms. The number of halogens is 4. The van der Waals surface area contributed by atoms with Gasteiger partial charge in [-0.2, -0.15) is 23.1 Å². The quantitative estimate of drug-likeness (QED) is 0.343. The summed E-state index contributed by atoms with van der Waals surface area (Å²) < 4.78 is 60.5. The van der Waals surface area contributed by atoms with E-state index in [4.69, 9.17) is 10.5 Å². The van der Waals surface area contributed by atoms with Crippen molar-refractivity contribution in [2.24, 2.45) is 11.7 Å². The molecular weight excluding hydrogens is 508 g/mol. The van der Waals surface area contributed by atoms with Gasteiger partial charge in [0.2, 0.25) is 5.82 Å². The highest BCUT2D eigenvalue weighted by Crippen LogP contribution is 2.46. The normalized spacial score (nSPS) is 17.5. The number of methoxy groups -OCH3 is 1. The molecule has 0 unspecified atom stereocenters. The van der Waals surface area contributed by atoms with Crippen molar-refractivity contribution in [1.82, 2.24) is 29.8 Å². The van der Waals surface area contributed by atoms with Crippen LogP contribution in [-0.4, -0.2) is 62.2 Å². The molecule has 38 heavy (non-hydrogen) atoms. The van der Waals surface area contributed by atoms with Crippen LogP contribution in [0.2, 0.25) is 0 Å². The molecule has 3 heterocycles. The Morgan fingerprint density at radius 3 is 2.71 bits per heavy atom. The topological polar surface area (TPSA) is 116 Å². The number of nitrogens with two attached hydrogens (primary N) is 1. The number of hydrogen-bond donors (Lipinski definition) is 1. The minimum Gasteiger partial charge on any atom is -0.383 e. The van der Waals surface area contributed by atoms with Gasteiger partial charge in [0, 0.05) is 31.2 Å². The lowest BCUT2D eigenvalue weighted by Gasteiger charge is -2.35. The molecule has 14 heteroatoms. The van der Waals surface area contributed by atoms with Crippen molar-refractivity contribution in [3.05, 3.63) is 53.6 Å². The van der Waals surface area contributed by atoms with Gasteiger partial charge in [-0.05, 0) is 54.8 Å². The van der Waals surface area contributed by atoms with Crippen molar-refractivity contribution in [1.29, 1.82) is 0 Å². The maximum absolute atomic E-state index is 15.1. The summed E-state index contributed by atoms with van der Waals surface area (Å²) in [7, 11) is 1.55. The van der Waals surface area contributed by atoms with Gasteiger partial charge in [0.15, 0.2) is 0 Å². The molecule has 200 valence electrons. The Kier molecular flexibility index (Phi) is 6.51. The molecule has 4 aromatic rings. The number of primary amides is 1. The Bertz CT molecular complexity index is 1490. The number of rotatable bonds is 8. The molecular formula is C24H24F4N8O2. The molecule has 0 saturated heterocycles. The molecule has 10 nitrogen and oxygen atoms in total. The highest BCUT2D eigenvalue weighted by Gasteiger charge is 2.49. The van der Waals surface area contributed by atoms with Crippen LogP contribution in [0.5, 0.6) is 0 Å². The first-order valence-electron chi connectivity index (χ1n) is 11.8. The predicted molar refractivity (Wildman–Crippen MR) is 128 cm³/mol. The summed E-state index contributed by atoms with van der Waals surface area (Å²) in [6, 6.07) is 5.88. The zero-order valence-corrected chi connectivity index (χ0v) is 20.5. The summed E-state index contributed by atoms with van der Waals surface area (Å²) in [5, 5.41) is 16.1. The standard InChI is InChI=1S/C24H24F4N8O2/c1-13-7-19(25)17(23-31-33-36(32-23)16-8-14(9-16)24(26,27)28)11-20(13)34(5-6-38-2)15-3-4-35-21(10-15)18(12-30-35)22(29)37/h3-4,7,10-12,14,16H,5-6,8-9H2,1-2H3,(H2,29,37). The van der Waals surface area contributed by atoms with Crippen molar-refractivity contribution in [2.45, 2.75) is 32.0 Å². The van der Waals surface area contributed by atoms with E-state index in [1.54, 1.807) is 38.4 Å². The summed E-state index contributed by atoms with van der Waals surface area (Å²) in [6.45, 7) is 2.44. The lowest BCUT2D eigenvalue weighted by atomic mass is 9.80. The maximum Gasteiger partial charge on any atom is 0.391 e. The fourth-order valence-electron chi connectivity index (χ4n) is 4.55. The van der Waals surface area contributed by atoms with Crippen LogP contribution in [0.15, 0.2) is 36.7 Å². The van der Waals surface area contributed by atoms with E-state index < -0.39 is 29.9 Å². The maximum atomic E-state index is 15.1. The second-order valence-electron chi connectivity index (χ2n) is 9.20. The van der Waals surface area contributed by atoms with E-state index in [0.29, 0.717) is 35.6 Å². The van der Waals surface area contributed by atoms with E-state index in [1.165, 1.54) is 16.8 Å². The molecule has 1 fully saturated rings. The van der Waals surface area contributed by atoms with Crippen molar-refractivity contribution < 1.29 is 27.1 Å². The molecule has 1 amide bonds. The van der Waals surface area contributed by atoms with Gasteiger partial charge >= 0.3 is 6.18 Å². The van der Waals surface area contributed by atoms with Crippen LogP contribution in [0.3, 0.4) is 0 Å². The number of tetrazole rings is 1. The Morgan fingerprint density at radius 1 is 1.26 bits per heavy atom. The first kappa shape index (κ1) is 25.6. The molecule has 0 spiro atoms. The van der Waals surface area contributed by atoms with E-state index in [0.717, 1.165) is 4.80 Å². The molecule has 0 aliphatic heterocycles. The van der Waals surface area contributed by atoms with Gasteiger partial charge in [-0.15, -0.1) is 10.2 Å². The van der Waals surface area contributed by atoms with Crippen LogP contribution < -0.4 is 10.6 Å². The summed E-state index contributed by atoms with van der Waals surface area (Å²) in [4.78, 5) is 14.9. The van der Waals surface area contributed by atoms with Crippen molar-refractivity contribution in [2.75, 3.05) is 25.2 Å². The Morgan fingerprint density at radius 2 is 2.03 bits per heavy atom. The third-order valence-corrected chi connectivity index (χ3v) is 6.75. The number of aromatic nitrogens is 6. The van der Waals surface area contributed by atoms with Crippen LogP contribution in [0.4, 0.5) is 28.9 Å². The van der Waals surface area contributed by atoms with Crippen molar-refractivity contribution >= 4 is 22.8 Å². The Labute approximate surface area is 214 Å². The number of fused-ring (bicyclic) bond motifs is 1. The van der Waals surface area contributed by atoms with Gasteiger partial charge in [0.25, 0.3) is 5.91 Å². The van der Waals surface area contributed by atoms with E-state index in [2.05, 4.69) is 20.5 Å². The van der Waals surface area contributed by atoms with Crippen molar-refractivity contribution in [3.63, 3.8) is 0 Å². The van der Waals surface area contributed by atoms with Crippen LogP contribution in [0, 0.1) is 18.7 Å². The molecule has 3 aromatic heterocycles. The predicted octanol–water partition coefficient (Wildman–Crippen LogP) is 3.83. The molecule has 1 aliphatic carbocycles. The SMILES string of the molecule is COCCN(c1ccn2ncc(C(N)=O)c2c1)c1cc(-c2nnn(C3CC(C(F)(F)F)C3)n2)c(F)cc1C. The largest absolute Gasteiger partial charge is 0.391 e. The third-order valence-electron chi connectivity index (χ3n) is 6.75. The molecule has 2 N–H and O–H groups in total. The minimum absolute atomic E-state index is 0.0341. The number of carbonyl (C=O) groups is 1. The lowest BCUT2D eigenvalue weighted by Crippen LogP contribution is -2.37. The fraction of sp³-hybridized carbons (Fsp3) is 0.375. The number of carbonyl (C=O) groups excluding carboxylic acids is 1. The van der Waals surface area contributed by atoms with Crippen molar-refractivity contribution in [3.8, 4) is 11.4 Å². The first-order valence-corrected chi connectivity index (χ1v) is 11.8. The second-order valence-corrected chi connectivity index (χ2v) is 9.20. The smallest absolute Gasteiger partial charge is 0.383 e. The monoisotopic (exact) mass is 532 g/mol. The fourth-order valence-corrected chi connectivity index (χ4v) is 4.55. The van der Waals surface area contributed by atoms with Crippen LogP contribution in [0.1, 0.15) is 34.8 Å². The summed E-state index contributed by atoms with van der Waals surface area (Å²) >= 11 is 0. The Balaban J connectivity index is 1.51. The van der Waals surface area contributed by atoms with Crippen LogP contribution in [0.25, 0.3) is 16.9 Å². The number of anilines is 2. The number of hydrogen-bond acceptors (Lipinski definition) is 7. The number of amides is 1. The second kappa shape index (κ2) is 9.67. The Hall–Kier alpha value is -4.07. The van der Waals surface area contributed by atoms with E-state index >= 15 is 4.39 Å². The highest BCUT2D eigenvalue weighted by atomic mass is 19.4. The minimum atomic E-state index is -4.26. The van der Waals surface area contributed by atoms with Gasteiger partial charge in [-0.25, -0.2) is 8.91 Å². The average molecular weight is 533 g/mol. The molecule has 1 saturated carbocycles. The zero-order chi connectivity index (χ0) is 27.2. The number of aryl methyl sites for hydroxylation is 1. The first-order chi connectivity index (χ1) is 18.1. The summed E-state index contributed by atoms with van der Waals surface area (Å²) in [6.07, 6.45) is -1.49. The van der Waals surface area contributed by atoms with Gasteiger partial charge in [-0.3, -0.25) is 4.79 Å². The van der Waals surface area contributed by atoms with E-state index in [-0.39, 0.29) is 29.8 Å². The van der Waals surface area contributed by atoms with E-state index in [9.17, 15) is 18.0 Å². The summed E-state index contributed by atoms with van der Waals surface area (Å²) in [5.41, 5.74) is 8.17. The number of pyridine rings is 1. The molecule has 1 aromatic carbocycles. The highest BCUT2D eigenvalue weighted by molar-refractivity contribution is 6.00. The lowest BCUT2D eigenvalue weighted by molar-refractivity contribution is -0.203. The van der Waals surface area contributed by atoms with Gasteiger partial charge in [-0.1, -0.05) is 0 Å². The third kappa shape index (κ3) is 4.66. The molecule has 0 radical (unpaired) electrons. The van der Waals surface area contributed by atoms with Gasteiger partial charge in [0.1, 0.15) is 5.82 Å². The van der Waals surface area contributed by atoms with Crippen LogP contribution >= 0.6 is 0 Å². The van der Waals surface area contributed by atoms with Gasteiger partial charge in [0.05, 0.1) is 41.4 Å². The van der Waals surface area contributed by atoms with E-state index in [1.807, 2.05) is 4.90 Å². The molecule has 1 aliphatic rings. The van der Waals surface area contributed by atoms with Crippen LogP contribution in [-0.2, 0) is 4.74 Å². The average Bonchev–Trinajstić information content (AvgIpc) is 3.46. The summed E-state index contributed by atoms with van der Waals surface area (Å²) in [5.74, 6) is -2.65. The molecule has 5 rings (SSSR count).